The normalized spacial score (nSPS) is 11.0. The first-order valence-electron chi connectivity index (χ1n) is 9.33. The molecule has 0 amide bonds. The Morgan fingerprint density at radius 3 is 2.80 bits per heavy atom. The summed E-state index contributed by atoms with van der Waals surface area (Å²) in [7, 11) is 0. The van der Waals surface area contributed by atoms with Crippen LogP contribution >= 0.6 is 0 Å². The number of hydrogen-bond acceptors (Lipinski definition) is 5. The number of halogens is 1. The summed E-state index contributed by atoms with van der Waals surface area (Å²) in [6.07, 6.45) is 2.94. The number of benzene rings is 2. The lowest BCUT2D eigenvalue weighted by molar-refractivity contribution is -0.136. The number of pyridine rings is 1. The van der Waals surface area contributed by atoms with Gasteiger partial charge in [0.25, 0.3) is 0 Å². The Balaban J connectivity index is 1.70. The first kappa shape index (κ1) is 19.6. The van der Waals surface area contributed by atoms with Crippen molar-refractivity contribution < 1.29 is 23.4 Å². The number of ether oxygens (including phenoxy) is 1. The van der Waals surface area contributed by atoms with Crippen molar-refractivity contribution in [3.8, 4) is 16.9 Å². The number of furan rings is 1. The van der Waals surface area contributed by atoms with E-state index in [0.29, 0.717) is 28.0 Å². The largest absolute Gasteiger partial charge is 0.489 e. The highest BCUT2D eigenvalue weighted by molar-refractivity contribution is 5.94. The van der Waals surface area contributed by atoms with Crippen LogP contribution in [0.1, 0.15) is 16.8 Å². The number of nitrogens with two attached hydrogens (primary N) is 1. The Labute approximate surface area is 171 Å². The van der Waals surface area contributed by atoms with E-state index in [1.165, 1.54) is 6.20 Å². The van der Waals surface area contributed by atoms with Crippen LogP contribution < -0.4 is 10.5 Å². The molecule has 4 rings (SSSR count). The quantitative estimate of drug-likeness (QED) is 0.475. The highest BCUT2D eigenvalue weighted by Gasteiger charge is 2.16. The van der Waals surface area contributed by atoms with Gasteiger partial charge in [-0.05, 0) is 41.5 Å². The maximum atomic E-state index is 14.9. The maximum absolute atomic E-state index is 14.9. The number of para-hydroxylation sites is 1. The van der Waals surface area contributed by atoms with Crippen LogP contribution in [0.15, 0.2) is 65.4 Å². The van der Waals surface area contributed by atoms with E-state index >= 15 is 0 Å². The highest BCUT2D eigenvalue weighted by Crippen LogP contribution is 2.33. The molecule has 2 heterocycles. The third-order valence-electron chi connectivity index (χ3n) is 4.79. The summed E-state index contributed by atoms with van der Waals surface area (Å²) in [5, 5.41) is 9.85. The van der Waals surface area contributed by atoms with Gasteiger partial charge in [0.1, 0.15) is 17.9 Å². The standard InChI is InChI=1S/C23H19FN2O4/c24-23-17(5-7-26-19(23)12-25)18-9-14(10-21-16(18)6-8-29-21)13-30-20-4-2-1-3-15(20)11-22(27)28/h1-10H,11-13,25H2,(H,27,28). The molecule has 4 aromatic rings. The van der Waals surface area contributed by atoms with E-state index < -0.39 is 11.8 Å². The van der Waals surface area contributed by atoms with Crippen LogP contribution in [0.3, 0.4) is 0 Å². The van der Waals surface area contributed by atoms with E-state index in [2.05, 4.69) is 4.98 Å². The van der Waals surface area contributed by atoms with Crippen molar-refractivity contribution in [2.45, 2.75) is 19.6 Å². The molecule has 0 bridgehead atoms. The average molecular weight is 406 g/mol. The Morgan fingerprint density at radius 1 is 1.17 bits per heavy atom. The van der Waals surface area contributed by atoms with Crippen molar-refractivity contribution in [1.82, 2.24) is 4.98 Å². The molecule has 2 aromatic carbocycles. The number of carboxylic acid groups (broad SMARTS) is 1. The lowest BCUT2D eigenvalue weighted by Gasteiger charge is -2.13. The van der Waals surface area contributed by atoms with E-state index in [4.69, 9.17) is 20.0 Å². The first-order valence-corrected chi connectivity index (χ1v) is 9.33. The molecular formula is C23H19FN2O4. The van der Waals surface area contributed by atoms with Gasteiger partial charge in [-0.25, -0.2) is 4.39 Å². The second-order valence-electron chi connectivity index (χ2n) is 6.77. The molecule has 0 saturated carbocycles. The minimum Gasteiger partial charge on any atom is -0.489 e. The molecule has 0 unspecified atom stereocenters. The molecule has 30 heavy (non-hydrogen) atoms. The SMILES string of the molecule is NCc1nccc(-c2cc(COc3ccccc3CC(=O)O)cc3occc23)c1F. The number of aromatic nitrogens is 1. The average Bonchev–Trinajstić information content (AvgIpc) is 3.21. The second-order valence-corrected chi connectivity index (χ2v) is 6.77. The van der Waals surface area contributed by atoms with Crippen LogP contribution in [0.25, 0.3) is 22.1 Å². The number of hydrogen-bond donors (Lipinski definition) is 2. The molecule has 3 N–H and O–H groups in total. The topological polar surface area (TPSA) is 98.6 Å². The molecule has 6 nitrogen and oxygen atoms in total. The molecule has 0 spiro atoms. The lowest BCUT2D eigenvalue weighted by atomic mass is 9.99. The fourth-order valence-corrected chi connectivity index (χ4v) is 3.39. The number of nitrogens with zero attached hydrogens (tertiary/aromatic N) is 1. The van der Waals surface area contributed by atoms with Crippen LogP contribution in [0.2, 0.25) is 0 Å². The Morgan fingerprint density at radius 2 is 2.00 bits per heavy atom. The zero-order chi connectivity index (χ0) is 21.1. The van der Waals surface area contributed by atoms with Crippen molar-refractivity contribution in [2.75, 3.05) is 0 Å². The molecule has 0 atom stereocenters. The molecular weight excluding hydrogens is 387 g/mol. The Hall–Kier alpha value is -3.71. The third-order valence-corrected chi connectivity index (χ3v) is 4.79. The van der Waals surface area contributed by atoms with Gasteiger partial charge in [0.15, 0.2) is 5.82 Å². The van der Waals surface area contributed by atoms with E-state index in [1.54, 1.807) is 42.7 Å². The van der Waals surface area contributed by atoms with Crippen molar-refractivity contribution in [1.29, 1.82) is 0 Å². The van der Waals surface area contributed by atoms with Crippen LogP contribution in [0.4, 0.5) is 4.39 Å². The van der Waals surface area contributed by atoms with Gasteiger partial charge >= 0.3 is 5.97 Å². The summed E-state index contributed by atoms with van der Waals surface area (Å²) in [5.74, 6) is -0.914. The fourth-order valence-electron chi connectivity index (χ4n) is 3.39. The summed E-state index contributed by atoms with van der Waals surface area (Å²) >= 11 is 0. The van der Waals surface area contributed by atoms with Gasteiger partial charge in [0.2, 0.25) is 0 Å². The summed E-state index contributed by atoms with van der Waals surface area (Å²) in [4.78, 5) is 15.1. The van der Waals surface area contributed by atoms with Gasteiger partial charge in [0.05, 0.1) is 18.4 Å². The number of carbonyl (C=O) groups is 1. The van der Waals surface area contributed by atoms with Crippen LogP contribution in [-0.4, -0.2) is 16.1 Å². The maximum Gasteiger partial charge on any atom is 0.307 e. The zero-order valence-electron chi connectivity index (χ0n) is 16.0. The molecule has 0 radical (unpaired) electrons. The monoisotopic (exact) mass is 406 g/mol. The number of aliphatic carboxylic acids is 1. The zero-order valence-corrected chi connectivity index (χ0v) is 16.0. The molecule has 0 aliphatic carbocycles. The van der Waals surface area contributed by atoms with Gasteiger partial charge in [0, 0.05) is 29.3 Å². The van der Waals surface area contributed by atoms with E-state index in [-0.39, 0.29) is 25.3 Å². The highest BCUT2D eigenvalue weighted by atomic mass is 19.1. The Bertz CT molecular complexity index is 1220. The minimum atomic E-state index is -0.936. The smallest absolute Gasteiger partial charge is 0.307 e. The van der Waals surface area contributed by atoms with Crippen molar-refractivity contribution in [3.63, 3.8) is 0 Å². The number of rotatable bonds is 7. The van der Waals surface area contributed by atoms with Crippen LogP contribution in [0.5, 0.6) is 5.75 Å². The molecule has 0 fully saturated rings. The fraction of sp³-hybridized carbons (Fsp3) is 0.130. The van der Waals surface area contributed by atoms with Crippen molar-refractivity contribution >= 4 is 16.9 Å². The third kappa shape index (κ3) is 3.88. The molecule has 7 heteroatoms. The van der Waals surface area contributed by atoms with Gasteiger partial charge in [-0.2, -0.15) is 0 Å². The molecule has 2 aromatic heterocycles. The summed E-state index contributed by atoms with van der Waals surface area (Å²) in [6, 6.07) is 14.0. The van der Waals surface area contributed by atoms with Crippen molar-refractivity contribution in [3.05, 3.63) is 83.6 Å². The summed E-state index contributed by atoms with van der Waals surface area (Å²) in [6.45, 7) is 0.161. The van der Waals surface area contributed by atoms with E-state index in [0.717, 1.165) is 10.9 Å². The van der Waals surface area contributed by atoms with Gasteiger partial charge in [-0.15, -0.1) is 0 Å². The van der Waals surface area contributed by atoms with E-state index in [1.807, 2.05) is 12.1 Å². The van der Waals surface area contributed by atoms with Crippen LogP contribution in [0, 0.1) is 5.82 Å². The van der Waals surface area contributed by atoms with Crippen molar-refractivity contribution in [2.24, 2.45) is 5.73 Å². The molecule has 0 aliphatic rings. The Kier molecular flexibility index (Phi) is 5.45. The van der Waals surface area contributed by atoms with Crippen LogP contribution in [-0.2, 0) is 24.4 Å². The predicted octanol–water partition coefficient (Wildman–Crippen LogP) is 4.30. The minimum absolute atomic E-state index is 0.00261. The summed E-state index contributed by atoms with van der Waals surface area (Å²) in [5.41, 5.74) is 8.74. The lowest BCUT2D eigenvalue weighted by Crippen LogP contribution is -2.05. The molecule has 0 saturated heterocycles. The predicted molar refractivity (Wildman–Crippen MR) is 109 cm³/mol. The van der Waals surface area contributed by atoms with Gasteiger partial charge in [-0.1, -0.05) is 18.2 Å². The van der Waals surface area contributed by atoms with E-state index in [9.17, 15) is 9.18 Å². The van der Waals surface area contributed by atoms with Gasteiger partial charge in [-0.3, -0.25) is 9.78 Å². The second kappa shape index (κ2) is 8.34. The number of fused-ring (bicyclic) bond motifs is 1. The number of carboxylic acids is 1. The molecule has 152 valence electrons. The first-order chi connectivity index (χ1) is 14.6. The summed E-state index contributed by atoms with van der Waals surface area (Å²) < 4.78 is 26.3. The van der Waals surface area contributed by atoms with Gasteiger partial charge < -0.3 is 20.0 Å². The molecule has 0 aliphatic heterocycles.